The summed E-state index contributed by atoms with van der Waals surface area (Å²) in [7, 11) is 3.63. The topological polar surface area (TPSA) is 72.7 Å². The van der Waals surface area contributed by atoms with Crippen molar-refractivity contribution in [2.75, 3.05) is 33.4 Å². The summed E-state index contributed by atoms with van der Waals surface area (Å²) >= 11 is 0. The molecule has 1 aromatic carbocycles. The Bertz CT molecular complexity index is 688. The van der Waals surface area contributed by atoms with Crippen molar-refractivity contribution >= 4 is 29.9 Å². The minimum atomic E-state index is 0. The Morgan fingerprint density at radius 3 is 2.54 bits per heavy atom. The van der Waals surface area contributed by atoms with E-state index in [4.69, 9.17) is 14.5 Å². The number of aliphatic imine (C=N–C) groups is 1. The van der Waals surface area contributed by atoms with E-state index in [1.54, 1.807) is 7.11 Å². The summed E-state index contributed by atoms with van der Waals surface area (Å²) in [6.07, 6.45) is 3.65. The van der Waals surface area contributed by atoms with E-state index in [0.29, 0.717) is 6.54 Å². The number of hydrogen-bond donors (Lipinski definition) is 2. The first kappa shape index (κ1) is 24.2. The summed E-state index contributed by atoms with van der Waals surface area (Å²) in [5, 5.41) is 11.0. The second-order valence-electron chi connectivity index (χ2n) is 6.11. The van der Waals surface area contributed by atoms with Gasteiger partial charge in [-0.15, -0.1) is 24.0 Å². The number of guanidine groups is 1. The van der Waals surface area contributed by atoms with Gasteiger partial charge in [0.1, 0.15) is 5.75 Å². The van der Waals surface area contributed by atoms with E-state index < -0.39 is 0 Å². The predicted octanol–water partition coefficient (Wildman–Crippen LogP) is 2.75. The Hall–Kier alpha value is -1.81. The summed E-state index contributed by atoms with van der Waals surface area (Å²) in [4.78, 5) is 4.70. The lowest BCUT2D eigenvalue weighted by atomic mass is 10.2. The molecular weight excluding hydrogens is 469 g/mol. The van der Waals surface area contributed by atoms with Crippen LogP contribution in [0.3, 0.4) is 0 Å². The third-order valence-electron chi connectivity index (χ3n) is 4.14. The molecule has 0 unspecified atom stereocenters. The van der Waals surface area contributed by atoms with Crippen LogP contribution in [0, 0.1) is 0 Å². The van der Waals surface area contributed by atoms with Crippen LogP contribution in [-0.4, -0.2) is 49.2 Å². The van der Waals surface area contributed by atoms with Gasteiger partial charge in [0.2, 0.25) is 0 Å². The molecule has 0 bridgehead atoms. The molecule has 7 nitrogen and oxygen atoms in total. The molecule has 0 saturated heterocycles. The number of rotatable bonds is 11. The molecule has 28 heavy (non-hydrogen) atoms. The van der Waals surface area contributed by atoms with Crippen molar-refractivity contribution in [3.05, 3.63) is 47.8 Å². The first-order valence-corrected chi connectivity index (χ1v) is 9.42. The van der Waals surface area contributed by atoms with Gasteiger partial charge >= 0.3 is 0 Å². The molecule has 0 aliphatic heterocycles. The molecule has 2 aromatic rings. The molecule has 0 atom stereocenters. The number of halogens is 1. The number of ether oxygens (including phenoxy) is 2. The molecule has 0 radical (unpaired) electrons. The number of benzene rings is 1. The van der Waals surface area contributed by atoms with Crippen LogP contribution < -0.4 is 15.4 Å². The number of nitrogens with zero attached hydrogens (tertiary/aromatic N) is 3. The second-order valence-corrected chi connectivity index (χ2v) is 6.11. The number of aryl methyl sites for hydroxylation is 1. The zero-order valence-corrected chi connectivity index (χ0v) is 19.3. The summed E-state index contributed by atoms with van der Waals surface area (Å²) in [5.41, 5.74) is 2.33. The molecule has 0 aliphatic rings. The maximum Gasteiger partial charge on any atom is 0.191 e. The van der Waals surface area contributed by atoms with Crippen molar-refractivity contribution in [3.8, 4) is 5.75 Å². The molecule has 1 heterocycles. The van der Waals surface area contributed by atoms with Crippen molar-refractivity contribution in [3.63, 3.8) is 0 Å². The lowest BCUT2D eigenvalue weighted by molar-refractivity contribution is 0.145. The van der Waals surface area contributed by atoms with Gasteiger partial charge in [-0.25, -0.2) is 4.99 Å². The highest BCUT2D eigenvalue weighted by Gasteiger charge is 2.02. The van der Waals surface area contributed by atoms with Gasteiger partial charge in [0.15, 0.2) is 5.96 Å². The van der Waals surface area contributed by atoms with Crippen LogP contribution in [0.15, 0.2) is 41.5 Å². The average Bonchev–Trinajstić information content (AvgIpc) is 3.10. The molecule has 0 spiro atoms. The highest BCUT2D eigenvalue weighted by molar-refractivity contribution is 14.0. The van der Waals surface area contributed by atoms with Crippen LogP contribution in [0.5, 0.6) is 5.75 Å². The van der Waals surface area contributed by atoms with E-state index in [2.05, 4.69) is 15.7 Å². The highest BCUT2D eigenvalue weighted by Crippen LogP contribution is 2.11. The van der Waals surface area contributed by atoms with Gasteiger partial charge in [0.25, 0.3) is 0 Å². The fraction of sp³-hybridized carbons (Fsp3) is 0.500. The fourth-order valence-corrected chi connectivity index (χ4v) is 2.56. The Balaban J connectivity index is 0.00000392. The van der Waals surface area contributed by atoms with Crippen molar-refractivity contribution in [1.82, 2.24) is 20.4 Å². The molecule has 2 rings (SSSR count). The van der Waals surface area contributed by atoms with Crippen LogP contribution >= 0.6 is 24.0 Å². The van der Waals surface area contributed by atoms with Gasteiger partial charge in [0.05, 0.1) is 13.7 Å². The zero-order valence-electron chi connectivity index (χ0n) is 17.0. The van der Waals surface area contributed by atoms with Gasteiger partial charge < -0.3 is 20.1 Å². The summed E-state index contributed by atoms with van der Waals surface area (Å²) < 4.78 is 12.5. The smallest absolute Gasteiger partial charge is 0.191 e. The molecule has 1 aromatic heterocycles. The molecule has 0 amide bonds. The number of hydrogen-bond acceptors (Lipinski definition) is 4. The molecule has 0 saturated carbocycles. The zero-order chi connectivity index (χ0) is 19.3. The Morgan fingerprint density at radius 2 is 1.89 bits per heavy atom. The second kappa shape index (κ2) is 14.2. The summed E-state index contributed by atoms with van der Waals surface area (Å²) in [5.74, 6) is 1.66. The maximum absolute atomic E-state index is 5.39. The maximum atomic E-state index is 5.39. The minimum Gasteiger partial charge on any atom is -0.497 e. The number of nitrogens with one attached hydrogen (secondary N) is 2. The lowest BCUT2D eigenvalue weighted by Crippen LogP contribution is -2.39. The van der Waals surface area contributed by atoms with Gasteiger partial charge in [-0.1, -0.05) is 12.1 Å². The van der Waals surface area contributed by atoms with Crippen LogP contribution in [0.4, 0.5) is 0 Å². The monoisotopic (exact) mass is 501 g/mol. The standard InChI is InChI=1S/C20H31N5O2.HI/c1-4-27-15-5-12-21-20(22-13-10-18-11-14-24-25(18)2)23-16-17-6-8-19(26-3)9-7-17;/h6-9,11,14H,4-5,10,12-13,15-16H2,1-3H3,(H2,21,22,23);1H. The minimum absolute atomic E-state index is 0. The SMILES string of the molecule is CCOCCCNC(=NCc1ccc(OC)cc1)NCCc1ccnn1C.I. The normalized spacial score (nSPS) is 11.0. The third kappa shape index (κ3) is 8.92. The van der Waals surface area contributed by atoms with Crippen LogP contribution in [0.25, 0.3) is 0 Å². The van der Waals surface area contributed by atoms with E-state index in [1.807, 2.05) is 55.2 Å². The number of aromatic nitrogens is 2. The number of methoxy groups -OCH3 is 1. The first-order chi connectivity index (χ1) is 13.2. The largest absolute Gasteiger partial charge is 0.497 e. The molecular formula is C20H32IN5O2. The Morgan fingerprint density at radius 1 is 1.14 bits per heavy atom. The van der Waals surface area contributed by atoms with Gasteiger partial charge in [-0.05, 0) is 37.1 Å². The lowest BCUT2D eigenvalue weighted by Gasteiger charge is -2.13. The van der Waals surface area contributed by atoms with Gasteiger partial charge in [-0.3, -0.25) is 4.68 Å². The van der Waals surface area contributed by atoms with E-state index in [9.17, 15) is 0 Å². The van der Waals surface area contributed by atoms with Crippen LogP contribution in [0.2, 0.25) is 0 Å². The summed E-state index contributed by atoms with van der Waals surface area (Å²) in [6.45, 7) is 5.73. The van der Waals surface area contributed by atoms with Crippen molar-refractivity contribution in [2.24, 2.45) is 12.0 Å². The summed E-state index contributed by atoms with van der Waals surface area (Å²) in [6, 6.07) is 10.0. The third-order valence-corrected chi connectivity index (χ3v) is 4.14. The van der Waals surface area contributed by atoms with E-state index in [-0.39, 0.29) is 24.0 Å². The molecule has 2 N–H and O–H groups in total. The van der Waals surface area contributed by atoms with E-state index >= 15 is 0 Å². The Labute approximate surface area is 184 Å². The Kier molecular flexibility index (Phi) is 12.3. The first-order valence-electron chi connectivity index (χ1n) is 9.42. The van der Waals surface area contributed by atoms with Gasteiger partial charge in [0, 0.05) is 51.7 Å². The quantitative estimate of drug-likeness (QED) is 0.215. The van der Waals surface area contributed by atoms with E-state index in [0.717, 1.165) is 56.4 Å². The average molecular weight is 501 g/mol. The van der Waals surface area contributed by atoms with Crippen LogP contribution in [0.1, 0.15) is 24.6 Å². The molecule has 0 fully saturated rings. The highest BCUT2D eigenvalue weighted by atomic mass is 127. The van der Waals surface area contributed by atoms with Gasteiger partial charge in [-0.2, -0.15) is 5.10 Å². The fourth-order valence-electron chi connectivity index (χ4n) is 2.56. The van der Waals surface area contributed by atoms with Crippen LogP contribution in [-0.2, 0) is 24.8 Å². The van der Waals surface area contributed by atoms with Crippen molar-refractivity contribution in [2.45, 2.75) is 26.3 Å². The van der Waals surface area contributed by atoms with Crippen molar-refractivity contribution < 1.29 is 9.47 Å². The van der Waals surface area contributed by atoms with Crippen molar-refractivity contribution in [1.29, 1.82) is 0 Å². The predicted molar refractivity (Wildman–Crippen MR) is 124 cm³/mol. The molecule has 0 aliphatic carbocycles. The molecule has 8 heteroatoms. The molecule has 156 valence electrons. The van der Waals surface area contributed by atoms with E-state index in [1.165, 1.54) is 5.69 Å².